The lowest BCUT2D eigenvalue weighted by atomic mass is 10.0. The third kappa shape index (κ3) is 2.25. The molecule has 0 spiro atoms. The van der Waals surface area contributed by atoms with Gasteiger partial charge in [-0.25, -0.2) is 0 Å². The van der Waals surface area contributed by atoms with Crippen LogP contribution in [-0.4, -0.2) is 43.2 Å². The molecule has 1 fully saturated rings. The van der Waals surface area contributed by atoms with E-state index in [0.717, 1.165) is 13.0 Å². The van der Waals surface area contributed by atoms with E-state index in [9.17, 15) is 4.79 Å². The number of nitrogens with two attached hydrogens (primary N) is 1. The van der Waals surface area contributed by atoms with E-state index in [-0.39, 0.29) is 18.0 Å². The van der Waals surface area contributed by atoms with E-state index in [2.05, 4.69) is 13.8 Å². The largest absolute Gasteiger partial charge is 0.383 e. The molecule has 1 aliphatic heterocycles. The van der Waals surface area contributed by atoms with Crippen LogP contribution in [0.5, 0.6) is 0 Å². The van der Waals surface area contributed by atoms with E-state index in [1.165, 1.54) is 0 Å². The number of methoxy groups -OCH3 is 1. The van der Waals surface area contributed by atoms with Crippen LogP contribution in [-0.2, 0) is 9.53 Å². The highest BCUT2D eigenvalue weighted by Crippen LogP contribution is 2.18. The van der Waals surface area contributed by atoms with Crippen molar-refractivity contribution in [2.45, 2.75) is 32.4 Å². The minimum Gasteiger partial charge on any atom is -0.383 e. The van der Waals surface area contributed by atoms with E-state index < -0.39 is 0 Å². The third-order valence-corrected chi connectivity index (χ3v) is 2.79. The third-order valence-electron chi connectivity index (χ3n) is 2.79. The maximum Gasteiger partial charge on any atom is 0.239 e. The van der Waals surface area contributed by atoms with Crippen LogP contribution in [0.25, 0.3) is 0 Å². The van der Waals surface area contributed by atoms with E-state index in [0.29, 0.717) is 12.5 Å². The Morgan fingerprint density at radius 2 is 2.29 bits per heavy atom. The summed E-state index contributed by atoms with van der Waals surface area (Å²) < 4.78 is 5.13. The number of rotatable bonds is 4. The molecular formula is C10H20N2O2. The molecule has 0 aromatic carbocycles. The molecule has 14 heavy (non-hydrogen) atoms. The molecule has 4 nitrogen and oxygen atoms in total. The molecule has 0 radical (unpaired) electrons. The molecule has 0 aromatic rings. The number of likely N-dealkylation sites (tertiary alicyclic amines) is 1. The SMILES string of the molecule is COCC(C(C)C)N1CCC(N)C1=O. The standard InChI is InChI=1S/C10H20N2O2/c1-7(2)9(6-14-3)12-5-4-8(11)10(12)13/h7-9H,4-6,11H2,1-3H3. The first-order chi connectivity index (χ1) is 6.57. The molecule has 1 amide bonds. The van der Waals surface area contributed by atoms with Crippen molar-refractivity contribution < 1.29 is 9.53 Å². The summed E-state index contributed by atoms with van der Waals surface area (Å²) in [4.78, 5) is 13.5. The molecule has 2 N–H and O–H groups in total. The van der Waals surface area contributed by atoms with Crippen molar-refractivity contribution in [3.05, 3.63) is 0 Å². The van der Waals surface area contributed by atoms with Crippen LogP contribution < -0.4 is 5.73 Å². The molecule has 0 aliphatic carbocycles. The Bertz CT molecular complexity index is 206. The molecule has 0 bridgehead atoms. The fourth-order valence-electron chi connectivity index (χ4n) is 1.87. The second-order valence-corrected chi connectivity index (χ2v) is 4.19. The zero-order valence-electron chi connectivity index (χ0n) is 9.19. The van der Waals surface area contributed by atoms with Crippen molar-refractivity contribution in [1.82, 2.24) is 4.90 Å². The summed E-state index contributed by atoms with van der Waals surface area (Å²) in [5, 5.41) is 0. The van der Waals surface area contributed by atoms with Crippen LogP contribution in [0, 0.1) is 5.92 Å². The molecule has 1 rings (SSSR count). The van der Waals surface area contributed by atoms with Crippen LogP contribution in [0.15, 0.2) is 0 Å². The zero-order chi connectivity index (χ0) is 10.7. The van der Waals surface area contributed by atoms with Gasteiger partial charge in [0, 0.05) is 13.7 Å². The molecule has 1 saturated heterocycles. The molecule has 2 unspecified atom stereocenters. The monoisotopic (exact) mass is 200 g/mol. The van der Waals surface area contributed by atoms with Gasteiger partial charge < -0.3 is 15.4 Å². The Balaban J connectivity index is 2.64. The summed E-state index contributed by atoms with van der Waals surface area (Å²) >= 11 is 0. The first-order valence-electron chi connectivity index (χ1n) is 5.13. The molecular weight excluding hydrogens is 180 g/mol. The van der Waals surface area contributed by atoms with Gasteiger partial charge in [-0.2, -0.15) is 0 Å². The number of nitrogens with zero attached hydrogens (tertiary/aromatic N) is 1. The van der Waals surface area contributed by atoms with Crippen molar-refractivity contribution in [3.63, 3.8) is 0 Å². The second-order valence-electron chi connectivity index (χ2n) is 4.19. The van der Waals surface area contributed by atoms with Gasteiger partial charge in [0.15, 0.2) is 0 Å². The molecule has 1 heterocycles. The maximum atomic E-state index is 11.7. The second kappa shape index (κ2) is 4.75. The number of carbonyl (C=O) groups is 1. The number of ether oxygens (including phenoxy) is 1. The summed E-state index contributed by atoms with van der Waals surface area (Å²) in [6, 6.07) is -0.130. The highest BCUT2D eigenvalue weighted by molar-refractivity contribution is 5.84. The maximum absolute atomic E-state index is 11.7. The van der Waals surface area contributed by atoms with Gasteiger partial charge in [-0.1, -0.05) is 13.8 Å². The van der Waals surface area contributed by atoms with E-state index in [1.54, 1.807) is 7.11 Å². The van der Waals surface area contributed by atoms with Gasteiger partial charge in [0.05, 0.1) is 18.7 Å². The first kappa shape index (κ1) is 11.5. The number of hydrogen-bond acceptors (Lipinski definition) is 3. The van der Waals surface area contributed by atoms with Crippen LogP contribution in [0.4, 0.5) is 0 Å². The van der Waals surface area contributed by atoms with Crippen molar-refractivity contribution in [2.75, 3.05) is 20.3 Å². The smallest absolute Gasteiger partial charge is 0.239 e. The lowest BCUT2D eigenvalue weighted by molar-refractivity contribution is -0.132. The van der Waals surface area contributed by atoms with Crippen LogP contribution >= 0.6 is 0 Å². The van der Waals surface area contributed by atoms with Crippen LogP contribution in [0.2, 0.25) is 0 Å². The first-order valence-corrected chi connectivity index (χ1v) is 5.13. The van der Waals surface area contributed by atoms with Gasteiger partial charge in [0.25, 0.3) is 0 Å². The molecule has 82 valence electrons. The topological polar surface area (TPSA) is 55.6 Å². The van der Waals surface area contributed by atoms with Gasteiger partial charge in [-0.3, -0.25) is 4.79 Å². The Kier molecular flexibility index (Phi) is 3.89. The van der Waals surface area contributed by atoms with E-state index in [1.807, 2.05) is 4.90 Å². The van der Waals surface area contributed by atoms with Crippen molar-refractivity contribution >= 4 is 5.91 Å². The molecule has 2 atom stereocenters. The van der Waals surface area contributed by atoms with Crippen molar-refractivity contribution in [3.8, 4) is 0 Å². The summed E-state index contributed by atoms with van der Waals surface area (Å²) in [5.41, 5.74) is 5.67. The van der Waals surface area contributed by atoms with Gasteiger partial charge in [-0.05, 0) is 12.3 Å². The fourth-order valence-corrected chi connectivity index (χ4v) is 1.87. The Hall–Kier alpha value is -0.610. The zero-order valence-corrected chi connectivity index (χ0v) is 9.19. The van der Waals surface area contributed by atoms with Gasteiger partial charge in [0.2, 0.25) is 5.91 Å². The summed E-state index contributed by atoms with van der Waals surface area (Å²) in [7, 11) is 1.66. The highest BCUT2D eigenvalue weighted by atomic mass is 16.5. The lowest BCUT2D eigenvalue weighted by Gasteiger charge is -2.30. The Labute approximate surface area is 85.4 Å². The quantitative estimate of drug-likeness (QED) is 0.706. The Morgan fingerprint density at radius 3 is 2.64 bits per heavy atom. The molecule has 0 saturated carbocycles. The normalized spacial score (nSPS) is 24.8. The predicted molar refractivity (Wildman–Crippen MR) is 54.8 cm³/mol. The van der Waals surface area contributed by atoms with Crippen molar-refractivity contribution in [2.24, 2.45) is 11.7 Å². The highest BCUT2D eigenvalue weighted by Gasteiger charge is 2.34. The molecule has 1 aliphatic rings. The number of carbonyl (C=O) groups excluding carboxylic acids is 1. The minimum atomic E-state index is -0.298. The summed E-state index contributed by atoms with van der Waals surface area (Å²) in [6.45, 7) is 5.56. The average Bonchev–Trinajstić information content (AvgIpc) is 2.44. The van der Waals surface area contributed by atoms with Gasteiger partial charge in [-0.15, -0.1) is 0 Å². The van der Waals surface area contributed by atoms with E-state index >= 15 is 0 Å². The summed E-state index contributed by atoms with van der Waals surface area (Å²) in [5.74, 6) is 0.477. The average molecular weight is 200 g/mol. The van der Waals surface area contributed by atoms with Gasteiger partial charge >= 0.3 is 0 Å². The number of hydrogen-bond donors (Lipinski definition) is 1. The summed E-state index contributed by atoms with van der Waals surface area (Å²) in [6.07, 6.45) is 0.770. The predicted octanol–water partition coefficient (Wildman–Crippen LogP) is 0.217. The fraction of sp³-hybridized carbons (Fsp3) is 0.900. The number of amides is 1. The minimum absolute atomic E-state index is 0.0701. The lowest BCUT2D eigenvalue weighted by Crippen LogP contribution is -2.45. The van der Waals surface area contributed by atoms with Gasteiger partial charge in [0.1, 0.15) is 0 Å². The van der Waals surface area contributed by atoms with Crippen molar-refractivity contribution in [1.29, 1.82) is 0 Å². The van der Waals surface area contributed by atoms with Crippen LogP contribution in [0.1, 0.15) is 20.3 Å². The van der Waals surface area contributed by atoms with E-state index in [4.69, 9.17) is 10.5 Å². The molecule has 0 aromatic heterocycles. The van der Waals surface area contributed by atoms with Crippen LogP contribution in [0.3, 0.4) is 0 Å². The molecule has 4 heteroatoms. The Morgan fingerprint density at radius 1 is 1.64 bits per heavy atom.